The second kappa shape index (κ2) is 4.31. The van der Waals surface area contributed by atoms with Gasteiger partial charge in [0.05, 0.1) is 19.2 Å². The number of methoxy groups -OCH3 is 1. The molecule has 0 fully saturated rings. The highest BCUT2D eigenvalue weighted by Crippen LogP contribution is 2.29. The summed E-state index contributed by atoms with van der Waals surface area (Å²) >= 11 is 3.58. The molecule has 0 unspecified atom stereocenters. The van der Waals surface area contributed by atoms with Crippen LogP contribution in [-0.2, 0) is 28.1 Å². The van der Waals surface area contributed by atoms with Gasteiger partial charge in [0.25, 0.3) is 0 Å². The van der Waals surface area contributed by atoms with E-state index in [1.807, 2.05) is 11.8 Å². The number of thioether (sulfide) groups is 1. The van der Waals surface area contributed by atoms with Crippen molar-refractivity contribution in [2.45, 2.75) is 18.6 Å². The molecule has 0 bridgehead atoms. The number of rotatable bonds is 2. The Balaban J connectivity index is 2.12. The van der Waals surface area contributed by atoms with Crippen LogP contribution in [0.2, 0.25) is 0 Å². The van der Waals surface area contributed by atoms with Crippen LogP contribution >= 0.6 is 23.1 Å². The lowest BCUT2D eigenvalue weighted by Crippen LogP contribution is -2.04. The van der Waals surface area contributed by atoms with E-state index in [9.17, 15) is 4.79 Å². The molecule has 0 spiro atoms. The zero-order valence-corrected chi connectivity index (χ0v) is 9.54. The van der Waals surface area contributed by atoms with E-state index in [1.165, 1.54) is 17.7 Å². The van der Waals surface area contributed by atoms with Gasteiger partial charge in [0.2, 0.25) is 0 Å². The van der Waals surface area contributed by atoms with E-state index in [1.54, 1.807) is 11.3 Å². The van der Waals surface area contributed by atoms with Crippen molar-refractivity contribution in [3.8, 4) is 0 Å². The fraction of sp³-hybridized carbons (Fsp3) is 0.556. The number of nitrogens with zero attached hydrogens (tertiary/aromatic N) is 1. The summed E-state index contributed by atoms with van der Waals surface area (Å²) in [5.41, 5.74) is 1.19. The Labute approximate surface area is 90.9 Å². The minimum absolute atomic E-state index is 0.205. The zero-order chi connectivity index (χ0) is 9.97. The van der Waals surface area contributed by atoms with Crippen LogP contribution in [0, 0.1) is 0 Å². The van der Waals surface area contributed by atoms with Crippen molar-refractivity contribution in [1.29, 1.82) is 0 Å². The molecular weight excluding hydrogens is 218 g/mol. The highest BCUT2D eigenvalue weighted by Gasteiger charge is 2.16. The van der Waals surface area contributed by atoms with Crippen LogP contribution < -0.4 is 0 Å². The van der Waals surface area contributed by atoms with Gasteiger partial charge >= 0.3 is 5.97 Å². The molecule has 76 valence electrons. The van der Waals surface area contributed by atoms with Gasteiger partial charge in [0.1, 0.15) is 5.01 Å². The van der Waals surface area contributed by atoms with E-state index >= 15 is 0 Å². The third kappa shape index (κ3) is 2.09. The predicted molar refractivity (Wildman–Crippen MR) is 57.7 cm³/mol. The van der Waals surface area contributed by atoms with Gasteiger partial charge in [-0.1, -0.05) is 0 Å². The van der Waals surface area contributed by atoms with E-state index in [0.29, 0.717) is 6.42 Å². The molecule has 0 amide bonds. The molecule has 1 aromatic rings. The quantitative estimate of drug-likeness (QED) is 0.723. The molecule has 5 heteroatoms. The maximum Gasteiger partial charge on any atom is 0.312 e. The molecule has 0 aromatic carbocycles. The van der Waals surface area contributed by atoms with Crippen LogP contribution in [0.15, 0.2) is 0 Å². The normalized spacial score (nSPS) is 14.9. The molecule has 2 rings (SSSR count). The first-order chi connectivity index (χ1) is 6.79. The Bertz CT molecular complexity index is 325. The van der Waals surface area contributed by atoms with Gasteiger partial charge in [-0.25, -0.2) is 4.98 Å². The molecule has 2 heterocycles. The molecule has 1 aliphatic heterocycles. The fourth-order valence-electron chi connectivity index (χ4n) is 1.35. The van der Waals surface area contributed by atoms with Crippen LogP contribution in [0.4, 0.5) is 0 Å². The summed E-state index contributed by atoms with van der Waals surface area (Å²) in [6, 6.07) is 0. The maximum absolute atomic E-state index is 11.0. The Morgan fingerprint density at radius 2 is 2.50 bits per heavy atom. The van der Waals surface area contributed by atoms with Gasteiger partial charge in [-0.15, -0.1) is 11.3 Å². The molecule has 0 atom stereocenters. The third-order valence-electron chi connectivity index (χ3n) is 2.06. The first-order valence-corrected chi connectivity index (χ1v) is 6.38. The molecule has 0 aliphatic carbocycles. The van der Waals surface area contributed by atoms with Gasteiger partial charge in [0, 0.05) is 10.6 Å². The van der Waals surface area contributed by atoms with Crippen molar-refractivity contribution in [3.63, 3.8) is 0 Å². The number of aryl methyl sites for hydroxylation is 1. The number of carbonyl (C=O) groups is 1. The van der Waals surface area contributed by atoms with Crippen LogP contribution in [0.3, 0.4) is 0 Å². The monoisotopic (exact) mass is 229 g/mol. The number of aromatic nitrogens is 1. The van der Waals surface area contributed by atoms with Crippen molar-refractivity contribution < 1.29 is 9.53 Å². The summed E-state index contributed by atoms with van der Waals surface area (Å²) < 4.78 is 4.61. The van der Waals surface area contributed by atoms with E-state index in [4.69, 9.17) is 0 Å². The molecular formula is C9H11NO2S2. The summed E-state index contributed by atoms with van der Waals surface area (Å²) in [6.07, 6.45) is 1.36. The number of esters is 1. The molecule has 0 saturated carbocycles. The van der Waals surface area contributed by atoms with E-state index in [0.717, 1.165) is 22.9 Å². The average Bonchev–Trinajstić information content (AvgIpc) is 2.59. The summed E-state index contributed by atoms with van der Waals surface area (Å²) in [7, 11) is 1.41. The smallest absolute Gasteiger partial charge is 0.312 e. The summed E-state index contributed by atoms with van der Waals surface area (Å²) in [5.74, 6) is 1.99. The first-order valence-electron chi connectivity index (χ1n) is 4.41. The molecule has 1 aliphatic rings. The SMILES string of the molecule is COC(=O)Cc1nc2c(s1)CSCC2. The Morgan fingerprint density at radius 3 is 3.21 bits per heavy atom. The number of ether oxygens (including phenoxy) is 1. The van der Waals surface area contributed by atoms with Crippen molar-refractivity contribution in [2.24, 2.45) is 0 Å². The first kappa shape index (κ1) is 9.98. The van der Waals surface area contributed by atoms with Gasteiger partial charge in [0.15, 0.2) is 0 Å². The predicted octanol–water partition coefficient (Wildman–Crippen LogP) is 1.65. The van der Waals surface area contributed by atoms with E-state index in [2.05, 4.69) is 9.72 Å². The van der Waals surface area contributed by atoms with Crippen molar-refractivity contribution in [3.05, 3.63) is 15.6 Å². The lowest BCUT2D eigenvalue weighted by atomic mass is 10.3. The van der Waals surface area contributed by atoms with Gasteiger partial charge in [-0.05, 0) is 12.2 Å². The van der Waals surface area contributed by atoms with Crippen LogP contribution in [0.1, 0.15) is 15.6 Å². The molecule has 14 heavy (non-hydrogen) atoms. The fourth-order valence-corrected chi connectivity index (χ4v) is 3.57. The molecule has 0 N–H and O–H groups in total. The van der Waals surface area contributed by atoms with Crippen molar-refractivity contribution in [2.75, 3.05) is 12.9 Å². The number of thiazole rings is 1. The topological polar surface area (TPSA) is 39.2 Å². The molecule has 1 aromatic heterocycles. The Hall–Kier alpha value is -0.550. The summed E-state index contributed by atoms with van der Waals surface area (Å²) in [4.78, 5) is 16.8. The number of carbonyl (C=O) groups excluding carboxylic acids is 1. The highest BCUT2D eigenvalue weighted by atomic mass is 32.2. The maximum atomic E-state index is 11.0. The van der Waals surface area contributed by atoms with E-state index in [-0.39, 0.29) is 5.97 Å². The van der Waals surface area contributed by atoms with Crippen LogP contribution in [0.25, 0.3) is 0 Å². The Morgan fingerprint density at radius 1 is 1.64 bits per heavy atom. The molecule has 0 saturated heterocycles. The lowest BCUT2D eigenvalue weighted by molar-refractivity contribution is -0.139. The highest BCUT2D eigenvalue weighted by molar-refractivity contribution is 7.98. The van der Waals surface area contributed by atoms with Crippen LogP contribution in [0.5, 0.6) is 0 Å². The number of hydrogen-bond acceptors (Lipinski definition) is 5. The number of hydrogen-bond donors (Lipinski definition) is 0. The minimum Gasteiger partial charge on any atom is -0.469 e. The Kier molecular flexibility index (Phi) is 3.08. The summed E-state index contributed by atoms with van der Waals surface area (Å²) in [6.45, 7) is 0. The minimum atomic E-state index is -0.205. The average molecular weight is 229 g/mol. The van der Waals surface area contributed by atoms with Gasteiger partial charge in [-0.3, -0.25) is 4.79 Å². The van der Waals surface area contributed by atoms with Gasteiger partial charge < -0.3 is 4.74 Å². The molecule has 0 radical (unpaired) electrons. The van der Waals surface area contributed by atoms with Crippen molar-refractivity contribution >= 4 is 29.1 Å². The van der Waals surface area contributed by atoms with Gasteiger partial charge in [-0.2, -0.15) is 11.8 Å². The third-order valence-corrected chi connectivity index (χ3v) is 4.33. The van der Waals surface area contributed by atoms with E-state index < -0.39 is 0 Å². The zero-order valence-electron chi connectivity index (χ0n) is 7.91. The second-order valence-electron chi connectivity index (χ2n) is 3.03. The second-order valence-corrected chi connectivity index (χ2v) is 5.31. The summed E-state index contributed by atoms with van der Waals surface area (Å²) in [5, 5.41) is 0.893. The van der Waals surface area contributed by atoms with Crippen molar-refractivity contribution in [1.82, 2.24) is 4.98 Å². The largest absolute Gasteiger partial charge is 0.469 e. The van der Waals surface area contributed by atoms with Crippen LogP contribution in [-0.4, -0.2) is 23.8 Å². The molecule has 3 nitrogen and oxygen atoms in total. The number of fused-ring (bicyclic) bond motifs is 1. The standard InChI is InChI=1S/C9H11NO2S2/c1-12-9(11)4-8-10-6-2-3-13-5-7(6)14-8/h2-5H2,1H3. The lowest BCUT2D eigenvalue weighted by Gasteiger charge is -2.06.